The van der Waals surface area contributed by atoms with Gasteiger partial charge in [-0.05, 0) is 32.9 Å². The van der Waals surface area contributed by atoms with E-state index in [0.717, 1.165) is 19.4 Å². The number of carboxylic acids is 1. The highest BCUT2D eigenvalue weighted by Gasteiger charge is 2.56. The third-order valence-corrected chi connectivity index (χ3v) is 5.99. The summed E-state index contributed by atoms with van der Waals surface area (Å²) in [5, 5.41) is 9.64. The van der Waals surface area contributed by atoms with Crippen molar-refractivity contribution in [1.82, 2.24) is 14.7 Å². The summed E-state index contributed by atoms with van der Waals surface area (Å²) < 4.78 is 0. The Hall–Kier alpha value is -1.63. The molecule has 0 aromatic rings. The van der Waals surface area contributed by atoms with Crippen LogP contribution in [0.5, 0.6) is 0 Å². The van der Waals surface area contributed by atoms with Gasteiger partial charge in [-0.3, -0.25) is 14.4 Å². The van der Waals surface area contributed by atoms with Crippen molar-refractivity contribution in [1.29, 1.82) is 0 Å². The number of carbonyl (C=O) groups excluding carboxylic acids is 2. The second kappa shape index (κ2) is 6.35. The van der Waals surface area contributed by atoms with Gasteiger partial charge in [-0.15, -0.1) is 0 Å². The first-order chi connectivity index (χ1) is 11.3. The summed E-state index contributed by atoms with van der Waals surface area (Å²) in [6, 6.07) is 0. The largest absolute Gasteiger partial charge is 0.481 e. The van der Waals surface area contributed by atoms with Crippen molar-refractivity contribution in [2.45, 2.75) is 25.7 Å². The number of carboxylic acid groups (broad SMARTS) is 1. The van der Waals surface area contributed by atoms with Crippen LogP contribution >= 0.6 is 0 Å². The lowest BCUT2D eigenvalue weighted by Crippen LogP contribution is -2.40. The molecule has 2 aliphatic heterocycles. The molecule has 0 aromatic carbocycles. The van der Waals surface area contributed by atoms with Crippen molar-refractivity contribution in [3.05, 3.63) is 0 Å². The lowest BCUT2D eigenvalue weighted by molar-refractivity contribution is -0.149. The first-order valence-electron chi connectivity index (χ1n) is 8.78. The molecular formula is C17H27N3O4. The summed E-state index contributed by atoms with van der Waals surface area (Å²) in [4.78, 5) is 42.2. The fraction of sp³-hybridized carbons (Fsp3) is 0.824. The number of amides is 2. The molecule has 1 N–H and O–H groups in total. The molecule has 1 aliphatic carbocycles. The molecule has 3 aliphatic rings. The number of likely N-dealkylation sites (N-methyl/N-ethyl adjacent to an activating group) is 1. The van der Waals surface area contributed by atoms with E-state index in [0.29, 0.717) is 32.6 Å². The molecule has 0 spiro atoms. The molecule has 2 saturated heterocycles. The van der Waals surface area contributed by atoms with Gasteiger partial charge in [0.05, 0.1) is 11.3 Å². The van der Waals surface area contributed by atoms with Crippen molar-refractivity contribution in [2.75, 3.05) is 46.8 Å². The second-order valence-electron chi connectivity index (χ2n) is 7.81. The Labute approximate surface area is 142 Å². The van der Waals surface area contributed by atoms with E-state index in [-0.39, 0.29) is 30.1 Å². The number of likely N-dealkylation sites (tertiary alicyclic amines) is 2. The van der Waals surface area contributed by atoms with E-state index in [4.69, 9.17) is 0 Å². The van der Waals surface area contributed by atoms with Crippen molar-refractivity contribution < 1.29 is 19.5 Å². The van der Waals surface area contributed by atoms with Crippen LogP contribution in [0.15, 0.2) is 0 Å². The van der Waals surface area contributed by atoms with Gasteiger partial charge in [0.2, 0.25) is 11.8 Å². The van der Waals surface area contributed by atoms with E-state index in [1.54, 1.807) is 9.80 Å². The van der Waals surface area contributed by atoms with Gasteiger partial charge in [0.25, 0.3) is 0 Å². The Kier molecular flexibility index (Phi) is 4.55. The van der Waals surface area contributed by atoms with Crippen molar-refractivity contribution in [3.63, 3.8) is 0 Å². The maximum absolute atomic E-state index is 12.8. The van der Waals surface area contributed by atoms with E-state index in [9.17, 15) is 19.5 Å². The highest BCUT2D eigenvalue weighted by Crippen LogP contribution is 2.49. The summed E-state index contributed by atoms with van der Waals surface area (Å²) in [6.45, 7) is 2.73. The Balaban J connectivity index is 1.62. The number of hydrogen-bond acceptors (Lipinski definition) is 4. The molecule has 3 atom stereocenters. The van der Waals surface area contributed by atoms with E-state index in [2.05, 4.69) is 0 Å². The fourth-order valence-electron chi connectivity index (χ4n) is 4.54. The third kappa shape index (κ3) is 2.90. The predicted octanol–water partition coefficient (Wildman–Crippen LogP) is 0.110. The topological polar surface area (TPSA) is 81.2 Å². The first-order valence-corrected chi connectivity index (χ1v) is 8.78. The van der Waals surface area contributed by atoms with Crippen LogP contribution in [0.1, 0.15) is 25.7 Å². The zero-order valence-electron chi connectivity index (χ0n) is 14.5. The molecule has 0 bridgehead atoms. The van der Waals surface area contributed by atoms with Gasteiger partial charge < -0.3 is 19.8 Å². The number of rotatable bonds is 5. The third-order valence-electron chi connectivity index (χ3n) is 5.99. The zero-order valence-corrected chi connectivity index (χ0v) is 14.5. The molecule has 2 amide bonds. The lowest BCUT2D eigenvalue weighted by Gasteiger charge is -2.25. The molecule has 24 heavy (non-hydrogen) atoms. The minimum Gasteiger partial charge on any atom is -0.481 e. The Morgan fingerprint density at radius 2 is 2.08 bits per heavy atom. The van der Waals surface area contributed by atoms with Gasteiger partial charge in [-0.2, -0.15) is 0 Å². The summed E-state index contributed by atoms with van der Waals surface area (Å²) in [7, 11) is 3.91. The van der Waals surface area contributed by atoms with Gasteiger partial charge in [0.15, 0.2) is 0 Å². The number of carbonyl (C=O) groups is 3. The minimum atomic E-state index is -0.768. The van der Waals surface area contributed by atoms with Crippen LogP contribution in [0.4, 0.5) is 0 Å². The van der Waals surface area contributed by atoms with Crippen molar-refractivity contribution in [2.24, 2.45) is 17.3 Å². The fourth-order valence-corrected chi connectivity index (χ4v) is 4.54. The molecule has 0 aromatic heterocycles. The number of nitrogens with zero attached hydrogens (tertiary/aromatic N) is 3. The van der Waals surface area contributed by atoms with E-state index in [1.807, 2.05) is 19.0 Å². The summed E-state index contributed by atoms with van der Waals surface area (Å²) in [5.41, 5.74) is -0.747. The first kappa shape index (κ1) is 17.2. The number of hydrogen-bond donors (Lipinski definition) is 1. The smallest absolute Gasteiger partial charge is 0.311 e. The van der Waals surface area contributed by atoms with Gasteiger partial charge in [-0.25, -0.2) is 0 Å². The summed E-state index contributed by atoms with van der Waals surface area (Å²) >= 11 is 0. The van der Waals surface area contributed by atoms with E-state index in [1.165, 1.54) is 0 Å². The normalized spacial score (nSPS) is 32.7. The van der Waals surface area contributed by atoms with Gasteiger partial charge in [0, 0.05) is 39.1 Å². The van der Waals surface area contributed by atoms with Crippen LogP contribution < -0.4 is 0 Å². The maximum Gasteiger partial charge on any atom is 0.311 e. The molecule has 1 saturated carbocycles. The average molecular weight is 337 g/mol. The molecule has 7 nitrogen and oxygen atoms in total. The van der Waals surface area contributed by atoms with Crippen molar-refractivity contribution in [3.8, 4) is 0 Å². The molecule has 3 rings (SSSR count). The SMILES string of the molecule is CN(C)CCN1CC(C(=O)N2C[C@@H]3CCC[C@@]3(C(=O)O)C2)CC1=O. The molecule has 3 fully saturated rings. The summed E-state index contributed by atoms with van der Waals surface area (Å²) in [6.07, 6.45) is 2.73. The van der Waals surface area contributed by atoms with E-state index >= 15 is 0 Å². The molecule has 1 unspecified atom stereocenters. The average Bonchev–Trinajstić information content (AvgIpc) is 3.16. The van der Waals surface area contributed by atoms with Crippen LogP contribution in [-0.2, 0) is 14.4 Å². The van der Waals surface area contributed by atoms with Gasteiger partial charge in [-0.1, -0.05) is 6.42 Å². The zero-order chi connectivity index (χ0) is 17.5. The predicted molar refractivity (Wildman–Crippen MR) is 87.2 cm³/mol. The maximum atomic E-state index is 12.8. The van der Waals surface area contributed by atoms with Crippen LogP contribution in [0, 0.1) is 17.3 Å². The lowest BCUT2D eigenvalue weighted by atomic mass is 9.81. The number of aliphatic carboxylic acids is 1. The highest BCUT2D eigenvalue weighted by molar-refractivity contribution is 5.90. The second-order valence-corrected chi connectivity index (χ2v) is 7.81. The Morgan fingerprint density at radius 1 is 1.33 bits per heavy atom. The quantitative estimate of drug-likeness (QED) is 0.770. The molecular weight excluding hydrogens is 310 g/mol. The van der Waals surface area contributed by atoms with Crippen LogP contribution in [0.2, 0.25) is 0 Å². The molecule has 0 radical (unpaired) electrons. The van der Waals surface area contributed by atoms with Crippen molar-refractivity contribution >= 4 is 17.8 Å². The van der Waals surface area contributed by atoms with Crippen LogP contribution in [0.3, 0.4) is 0 Å². The molecule has 134 valence electrons. The molecule has 7 heteroatoms. The van der Waals surface area contributed by atoms with Crippen LogP contribution in [-0.4, -0.2) is 84.4 Å². The Bertz CT molecular complexity index is 550. The highest BCUT2D eigenvalue weighted by atomic mass is 16.4. The monoisotopic (exact) mass is 337 g/mol. The standard InChI is InChI=1S/C17H27N3O4/c1-18(2)6-7-19-9-12(8-14(19)21)15(22)20-10-13-4-3-5-17(13,11-20)16(23)24/h12-13H,3-11H2,1-2H3,(H,23,24)/t12?,13-,17+/m0/s1. The van der Waals surface area contributed by atoms with E-state index < -0.39 is 11.4 Å². The van der Waals surface area contributed by atoms with Gasteiger partial charge >= 0.3 is 5.97 Å². The number of fused-ring (bicyclic) bond motifs is 1. The minimum absolute atomic E-state index is 0.0301. The summed E-state index contributed by atoms with van der Waals surface area (Å²) in [5.74, 6) is -1.02. The van der Waals surface area contributed by atoms with Gasteiger partial charge in [0.1, 0.15) is 0 Å². The molecule has 2 heterocycles. The van der Waals surface area contributed by atoms with Crippen LogP contribution in [0.25, 0.3) is 0 Å². The Morgan fingerprint density at radius 3 is 2.71 bits per heavy atom.